The number of aromatic nitrogens is 3. The summed E-state index contributed by atoms with van der Waals surface area (Å²) in [6, 6.07) is 34.2. The topological polar surface area (TPSA) is 33.8 Å². The minimum Gasteiger partial charge on any atom is -0.437 e. The third-order valence-electron chi connectivity index (χ3n) is 14.1. The molecule has 2 aliphatic heterocycles. The van der Waals surface area contributed by atoms with Crippen molar-refractivity contribution in [2.24, 2.45) is 5.92 Å². The summed E-state index contributed by atoms with van der Waals surface area (Å²) in [6.45, 7) is 19.8. The second kappa shape index (κ2) is 14.3. The fraction of sp³-hybridized carbons (Fsp3) is 0.340. The lowest BCUT2D eigenvalue weighted by Crippen LogP contribution is -2.57. The van der Waals surface area contributed by atoms with Crippen molar-refractivity contribution in [1.82, 2.24) is 4.98 Å². The van der Waals surface area contributed by atoms with Crippen LogP contribution in [-0.2, 0) is 6.42 Å². The Morgan fingerprint density at radius 3 is 2.36 bits per heavy atom. The molecule has 0 radical (unpaired) electrons. The number of allylic oxidation sites excluding steroid dienone is 1. The van der Waals surface area contributed by atoms with Gasteiger partial charge in [0.1, 0.15) is 0 Å². The molecule has 4 aromatic heterocycles. The van der Waals surface area contributed by atoms with Gasteiger partial charge in [-0.15, -0.1) is 0 Å². The first-order valence-electron chi connectivity index (χ1n) is 21.9. The fourth-order valence-corrected chi connectivity index (χ4v) is 12.8. The number of nitrogens with zero attached hydrogens (tertiary/aromatic N) is 3. The summed E-state index contributed by atoms with van der Waals surface area (Å²) in [5.74, 6) is 1.85. The van der Waals surface area contributed by atoms with Gasteiger partial charge in [0.15, 0.2) is 18.0 Å². The van der Waals surface area contributed by atoms with E-state index in [1.807, 2.05) is 6.20 Å². The molecule has 0 spiro atoms. The second-order valence-electron chi connectivity index (χ2n) is 18.9. The van der Waals surface area contributed by atoms with E-state index in [9.17, 15) is 0 Å². The molecule has 0 bridgehead atoms. The highest BCUT2D eigenvalue weighted by Crippen LogP contribution is 2.48. The van der Waals surface area contributed by atoms with Crippen LogP contribution in [0.5, 0.6) is 0 Å². The SMILES string of the molecule is C=C1C2C(CCc3ccc4c(oc5nccc(-c6ccccc6)c54)c3-c3cc(C(C)C4CCCCC4)cc[n+]31)c1ccccc1-c1cc(C(C)C)c([Si](C)(C)C)c[n+]12. The number of rotatable bonds is 5. The summed E-state index contributed by atoms with van der Waals surface area (Å²) in [5, 5.41) is 3.75. The summed E-state index contributed by atoms with van der Waals surface area (Å²) < 4.78 is 12.1. The molecule has 0 saturated heterocycles. The molecule has 4 nitrogen and oxygen atoms in total. The summed E-state index contributed by atoms with van der Waals surface area (Å²) >= 11 is 0. The zero-order valence-corrected chi connectivity index (χ0v) is 36.2. The first-order valence-corrected chi connectivity index (χ1v) is 25.4. The van der Waals surface area contributed by atoms with Gasteiger partial charge in [-0.2, -0.15) is 9.13 Å². The molecular weight excluding hydrogens is 723 g/mol. The molecular formula is C53H57N3OSi+2. The molecule has 3 unspecified atom stereocenters. The van der Waals surface area contributed by atoms with Crippen LogP contribution >= 0.6 is 0 Å². The van der Waals surface area contributed by atoms with Crippen molar-refractivity contribution < 1.29 is 13.6 Å². The smallest absolute Gasteiger partial charge is 0.249 e. The second-order valence-corrected chi connectivity index (χ2v) is 23.9. The maximum atomic E-state index is 7.02. The van der Waals surface area contributed by atoms with Gasteiger partial charge in [0.05, 0.1) is 24.9 Å². The minimum atomic E-state index is -1.71. The number of aryl methyl sites for hydroxylation is 1. The Morgan fingerprint density at radius 2 is 1.59 bits per heavy atom. The lowest BCUT2D eigenvalue weighted by Gasteiger charge is -2.32. The summed E-state index contributed by atoms with van der Waals surface area (Å²) in [6.07, 6.45) is 15.4. The van der Waals surface area contributed by atoms with Gasteiger partial charge < -0.3 is 4.42 Å². The third-order valence-corrected chi connectivity index (χ3v) is 16.1. The van der Waals surface area contributed by atoms with Gasteiger partial charge in [-0.05, 0) is 95.5 Å². The highest BCUT2D eigenvalue weighted by molar-refractivity contribution is 6.89. The maximum Gasteiger partial charge on any atom is 0.249 e. The van der Waals surface area contributed by atoms with Gasteiger partial charge in [-0.25, -0.2) is 4.98 Å². The van der Waals surface area contributed by atoms with Gasteiger partial charge in [0.25, 0.3) is 0 Å². The maximum absolute atomic E-state index is 7.02. The predicted molar refractivity (Wildman–Crippen MR) is 242 cm³/mol. The van der Waals surface area contributed by atoms with Crippen LogP contribution in [-0.4, -0.2) is 13.1 Å². The number of hydrogen-bond acceptors (Lipinski definition) is 2. The number of fused-ring (bicyclic) bond motifs is 13. The van der Waals surface area contributed by atoms with E-state index in [-0.39, 0.29) is 12.0 Å². The van der Waals surface area contributed by atoms with Crippen molar-refractivity contribution in [2.75, 3.05) is 0 Å². The lowest BCUT2D eigenvalue weighted by atomic mass is 9.77. The van der Waals surface area contributed by atoms with Crippen molar-refractivity contribution in [1.29, 1.82) is 0 Å². The lowest BCUT2D eigenvalue weighted by molar-refractivity contribution is -0.726. The molecule has 7 aromatic rings. The average Bonchev–Trinajstić information content (AvgIpc) is 3.65. The molecule has 58 heavy (non-hydrogen) atoms. The number of furan rings is 1. The minimum absolute atomic E-state index is 0.0402. The monoisotopic (exact) mass is 779 g/mol. The third kappa shape index (κ3) is 6.03. The van der Waals surface area contributed by atoms with E-state index in [1.165, 1.54) is 82.4 Å². The first-order chi connectivity index (χ1) is 28.1. The molecule has 1 fully saturated rings. The van der Waals surface area contributed by atoms with Crippen molar-refractivity contribution in [3.05, 3.63) is 138 Å². The molecule has 3 aromatic carbocycles. The van der Waals surface area contributed by atoms with Crippen LogP contribution in [0.3, 0.4) is 0 Å². The van der Waals surface area contributed by atoms with Gasteiger partial charge >= 0.3 is 0 Å². The standard InChI is InChI=1S/C53H57N3OSi/c1-33(2)45-31-46-42-21-15-14-20-41(42)43-24-22-38-23-25-44-50-40(37-18-12-9-13-19-37)26-28-54-53(50)57-52(44)49(38)47-30-39(34(3)36-16-10-8-11-17-36)27-29-55(47)35(4)51(43)56(46)32-48(45)58(5,6)7/h9,12-15,18-21,23,25-34,36,43,51H,4,8,10-11,16-17,22,24H2,1-3,5-7H3/q+2. The molecule has 5 heteroatoms. The Balaban J connectivity index is 1.25. The molecule has 0 amide bonds. The van der Waals surface area contributed by atoms with Crippen LogP contribution in [0.1, 0.15) is 105 Å². The predicted octanol–water partition coefficient (Wildman–Crippen LogP) is 12.7. The van der Waals surface area contributed by atoms with Crippen molar-refractivity contribution in [2.45, 2.75) is 109 Å². The quantitative estimate of drug-likeness (QED) is 0.129. The summed E-state index contributed by atoms with van der Waals surface area (Å²) in [4.78, 5) is 4.86. The number of benzene rings is 3. The van der Waals surface area contributed by atoms with Crippen LogP contribution < -0.4 is 14.3 Å². The zero-order chi connectivity index (χ0) is 39.9. The Morgan fingerprint density at radius 1 is 0.810 bits per heavy atom. The van der Waals surface area contributed by atoms with E-state index >= 15 is 0 Å². The Hall–Kier alpha value is -5.13. The molecule has 6 heterocycles. The Bertz CT molecular complexity index is 2730. The van der Waals surface area contributed by atoms with Crippen LogP contribution in [0.15, 0.2) is 121 Å². The van der Waals surface area contributed by atoms with E-state index in [0.29, 0.717) is 23.5 Å². The van der Waals surface area contributed by atoms with Crippen LogP contribution in [0.25, 0.3) is 61.4 Å². The summed E-state index contributed by atoms with van der Waals surface area (Å²) in [5.41, 5.74) is 15.7. The number of hydrogen-bond donors (Lipinski definition) is 0. The molecule has 3 atom stereocenters. The van der Waals surface area contributed by atoms with Crippen LogP contribution in [0, 0.1) is 5.92 Å². The summed E-state index contributed by atoms with van der Waals surface area (Å²) in [7, 11) is -1.71. The zero-order valence-electron chi connectivity index (χ0n) is 35.2. The van der Waals surface area contributed by atoms with E-state index in [0.717, 1.165) is 40.5 Å². The van der Waals surface area contributed by atoms with Gasteiger partial charge in [0, 0.05) is 40.5 Å². The normalized spacial score (nSPS) is 18.8. The first kappa shape index (κ1) is 37.2. The van der Waals surface area contributed by atoms with E-state index in [4.69, 9.17) is 16.0 Å². The molecule has 292 valence electrons. The van der Waals surface area contributed by atoms with Gasteiger partial charge in [-0.1, -0.05) is 120 Å². The van der Waals surface area contributed by atoms with Crippen molar-refractivity contribution in [3.8, 4) is 33.6 Å². The van der Waals surface area contributed by atoms with Gasteiger partial charge in [0.2, 0.25) is 28.8 Å². The van der Waals surface area contributed by atoms with Crippen LogP contribution in [0.4, 0.5) is 0 Å². The Kier molecular flexibility index (Phi) is 9.16. The van der Waals surface area contributed by atoms with Crippen LogP contribution in [0.2, 0.25) is 19.6 Å². The van der Waals surface area contributed by atoms with Gasteiger partial charge in [-0.3, -0.25) is 0 Å². The highest BCUT2D eigenvalue weighted by Gasteiger charge is 2.48. The van der Waals surface area contributed by atoms with E-state index in [1.54, 1.807) is 5.19 Å². The molecule has 3 aliphatic rings. The largest absolute Gasteiger partial charge is 0.437 e. The fourth-order valence-electron chi connectivity index (χ4n) is 11.0. The van der Waals surface area contributed by atoms with E-state index < -0.39 is 8.07 Å². The molecule has 10 rings (SSSR count). The van der Waals surface area contributed by atoms with Crippen molar-refractivity contribution >= 4 is 41.0 Å². The highest BCUT2D eigenvalue weighted by atomic mass is 28.3. The average molecular weight is 780 g/mol. The molecule has 1 saturated carbocycles. The Labute approximate surface area is 345 Å². The van der Waals surface area contributed by atoms with Crippen molar-refractivity contribution in [3.63, 3.8) is 0 Å². The molecule has 1 aliphatic carbocycles. The molecule has 0 N–H and O–H groups in total. The van der Waals surface area contributed by atoms with E-state index in [2.05, 4.69) is 153 Å². The number of pyridine rings is 3.